The first-order valence-corrected chi connectivity index (χ1v) is 5.54. The van der Waals surface area contributed by atoms with Crippen LogP contribution in [0.5, 0.6) is 0 Å². The first-order chi connectivity index (χ1) is 7.93. The Labute approximate surface area is 101 Å². The lowest BCUT2D eigenvalue weighted by atomic mass is 10.0. The van der Waals surface area contributed by atoms with Crippen molar-refractivity contribution in [3.8, 4) is 6.07 Å². The molecule has 0 fully saturated rings. The van der Waals surface area contributed by atoms with Crippen molar-refractivity contribution >= 4 is 17.3 Å². The molecule has 4 heteroatoms. The van der Waals surface area contributed by atoms with Gasteiger partial charge in [-0.25, -0.2) is 0 Å². The average Bonchev–Trinajstić information content (AvgIpc) is 2.26. The standard InChI is InChI=1S/C13H15N3O/c1-13(2,3)16-8-11(17)15-12-9(7-14)5-4-6-10(12)16/h4-6H,8H2,1-3H3,(H,15,17). The average molecular weight is 229 g/mol. The molecular weight excluding hydrogens is 214 g/mol. The van der Waals surface area contributed by atoms with E-state index >= 15 is 0 Å². The molecular formula is C13H15N3O. The molecule has 0 atom stereocenters. The number of nitrogens with one attached hydrogen (secondary N) is 1. The van der Waals surface area contributed by atoms with Crippen LogP contribution in [0.1, 0.15) is 26.3 Å². The van der Waals surface area contributed by atoms with Crippen LogP contribution in [0.15, 0.2) is 18.2 Å². The molecule has 4 nitrogen and oxygen atoms in total. The number of anilines is 2. The summed E-state index contributed by atoms with van der Waals surface area (Å²) < 4.78 is 0. The SMILES string of the molecule is CC(C)(C)N1CC(=O)Nc2c(C#N)cccc21. The van der Waals surface area contributed by atoms with E-state index in [0.29, 0.717) is 17.8 Å². The Kier molecular flexibility index (Phi) is 2.55. The highest BCUT2D eigenvalue weighted by Crippen LogP contribution is 2.36. The largest absolute Gasteiger partial charge is 0.356 e. The van der Waals surface area contributed by atoms with Crippen LogP contribution >= 0.6 is 0 Å². The van der Waals surface area contributed by atoms with Gasteiger partial charge in [0.1, 0.15) is 6.07 Å². The third kappa shape index (κ3) is 1.96. The van der Waals surface area contributed by atoms with Crippen molar-refractivity contribution in [3.05, 3.63) is 23.8 Å². The summed E-state index contributed by atoms with van der Waals surface area (Å²) in [6, 6.07) is 7.59. The van der Waals surface area contributed by atoms with Gasteiger partial charge in [0.2, 0.25) is 5.91 Å². The van der Waals surface area contributed by atoms with E-state index in [1.54, 1.807) is 6.07 Å². The summed E-state index contributed by atoms with van der Waals surface area (Å²) in [5.74, 6) is -0.0740. The molecule has 1 aliphatic rings. The number of amides is 1. The number of fused-ring (bicyclic) bond motifs is 1. The quantitative estimate of drug-likeness (QED) is 0.741. The molecule has 0 saturated carbocycles. The number of rotatable bonds is 0. The number of nitrogens with zero attached hydrogens (tertiary/aromatic N) is 2. The Morgan fingerprint density at radius 1 is 1.41 bits per heavy atom. The molecule has 0 radical (unpaired) electrons. The number of carbonyl (C=O) groups excluding carboxylic acids is 1. The van der Waals surface area contributed by atoms with Crippen molar-refractivity contribution in [1.29, 1.82) is 5.26 Å². The van der Waals surface area contributed by atoms with Gasteiger partial charge >= 0.3 is 0 Å². The number of para-hydroxylation sites is 1. The van der Waals surface area contributed by atoms with Gasteiger partial charge < -0.3 is 10.2 Å². The lowest BCUT2D eigenvalue weighted by Crippen LogP contribution is -2.49. The zero-order chi connectivity index (χ0) is 12.6. The summed E-state index contributed by atoms with van der Waals surface area (Å²) in [7, 11) is 0. The molecule has 0 spiro atoms. The van der Waals surface area contributed by atoms with Gasteiger partial charge in [-0.2, -0.15) is 5.26 Å². The molecule has 0 aromatic heterocycles. The highest BCUT2D eigenvalue weighted by atomic mass is 16.2. The fourth-order valence-corrected chi connectivity index (χ4v) is 2.00. The van der Waals surface area contributed by atoms with E-state index in [1.165, 1.54) is 0 Å². The van der Waals surface area contributed by atoms with E-state index in [0.717, 1.165) is 5.69 Å². The van der Waals surface area contributed by atoms with Crippen LogP contribution in [0.2, 0.25) is 0 Å². The summed E-state index contributed by atoms with van der Waals surface area (Å²) in [5, 5.41) is 11.8. The molecule has 1 amide bonds. The fourth-order valence-electron chi connectivity index (χ4n) is 2.00. The molecule has 2 rings (SSSR count). The summed E-state index contributed by atoms with van der Waals surface area (Å²) in [4.78, 5) is 13.7. The lowest BCUT2D eigenvalue weighted by molar-refractivity contribution is -0.115. The molecule has 0 aliphatic carbocycles. The number of benzene rings is 1. The Bertz CT molecular complexity index is 508. The minimum Gasteiger partial charge on any atom is -0.356 e. The highest BCUT2D eigenvalue weighted by molar-refractivity contribution is 6.03. The van der Waals surface area contributed by atoms with Gasteiger partial charge in [0.15, 0.2) is 0 Å². The van der Waals surface area contributed by atoms with Crippen molar-refractivity contribution in [1.82, 2.24) is 0 Å². The molecule has 1 heterocycles. The van der Waals surface area contributed by atoms with Crippen molar-refractivity contribution in [3.63, 3.8) is 0 Å². The minimum absolute atomic E-state index is 0.0740. The number of hydrogen-bond donors (Lipinski definition) is 1. The van der Waals surface area contributed by atoms with Crippen LogP contribution < -0.4 is 10.2 Å². The first-order valence-electron chi connectivity index (χ1n) is 5.54. The van der Waals surface area contributed by atoms with Gasteiger partial charge in [-0.15, -0.1) is 0 Å². The molecule has 1 N–H and O–H groups in total. The molecule has 88 valence electrons. The maximum Gasteiger partial charge on any atom is 0.244 e. The van der Waals surface area contributed by atoms with Crippen LogP contribution in [0.4, 0.5) is 11.4 Å². The summed E-state index contributed by atoms with van der Waals surface area (Å²) >= 11 is 0. The van der Waals surface area contributed by atoms with Crippen LogP contribution in [0.3, 0.4) is 0 Å². The van der Waals surface area contributed by atoms with E-state index in [4.69, 9.17) is 5.26 Å². The Balaban J connectivity index is 2.60. The Morgan fingerprint density at radius 2 is 2.12 bits per heavy atom. The number of hydrogen-bond acceptors (Lipinski definition) is 3. The molecule has 1 aliphatic heterocycles. The molecule has 1 aromatic carbocycles. The van der Waals surface area contributed by atoms with Crippen molar-refractivity contribution in [2.75, 3.05) is 16.8 Å². The second-order valence-electron chi connectivity index (χ2n) is 5.12. The van der Waals surface area contributed by atoms with E-state index in [1.807, 2.05) is 17.0 Å². The van der Waals surface area contributed by atoms with Gasteiger partial charge in [0.05, 0.1) is 23.5 Å². The van der Waals surface area contributed by atoms with Crippen molar-refractivity contribution in [2.45, 2.75) is 26.3 Å². The molecule has 0 unspecified atom stereocenters. The summed E-state index contributed by atoms with van der Waals surface area (Å²) in [6.45, 7) is 6.47. The van der Waals surface area contributed by atoms with E-state index < -0.39 is 0 Å². The molecule has 0 saturated heterocycles. The van der Waals surface area contributed by atoms with E-state index in [2.05, 4.69) is 32.2 Å². The maximum absolute atomic E-state index is 11.7. The third-order valence-electron chi connectivity index (χ3n) is 2.83. The van der Waals surface area contributed by atoms with Crippen LogP contribution in [0, 0.1) is 11.3 Å². The van der Waals surface area contributed by atoms with Crippen LogP contribution in [-0.2, 0) is 4.79 Å². The van der Waals surface area contributed by atoms with Gasteiger partial charge in [0, 0.05) is 5.54 Å². The van der Waals surface area contributed by atoms with Gasteiger partial charge in [-0.1, -0.05) is 6.07 Å². The minimum atomic E-state index is -0.152. The predicted molar refractivity (Wildman–Crippen MR) is 66.9 cm³/mol. The Morgan fingerprint density at radius 3 is 2.71 bits per heavy atom. The van der Waals surface area contributed by atoms with Crippen molar-refractivity contribution < 1.29 is 4.79 Å². The zero-order valence-electron chi connectivity index (χ0n) is 10.2. The Hall–Kier alpha value is -2.02. The highest BCUT2D eigenvalue weighted by Gasteiger charge is 2.31. The summed E-state index contributed by atoms with van der Waals surface area (Å²) in [6.07, 6.45) is 0. The first kappa shape index (κ1) is 11.5. The third-order valence-corrected chi connectivity index (χ3v) is 2.83. The molecule has 0 bridgehead atoms. The fraction of sp³-hybridized carbons (Fsp3) is 0.385. The lowest BCUT2D eigenvalue weighted by Gasteiger charge is -2.41. The van der Waals surface area contributed by atoms with Gasteiger partial charge in [0.25, 0.3) is 0 Å². The topological polar surface area (TPSA) is 56.1 Å². The second kappa shape index (κ2) is 3.77. The van der Waals surface area contributed by atoms with Crippen LogP contribution in [-0.4, -0.2) is 18.0 Å². The summed E-state index contributed by atoms with van der Waals surface area (Å²) in [5.41, 5.74) is 1.89. The van der Waals surface area contributed by atoms with E-state index in [-0.39, 0.29) is 11.4 Å². The van der Waals surface area contributed by atoms with Gasteiger partial charge in [-0.05, 0) is 32.9 Å². The zero-order valence-corrected chi connectivity index (χ0v) is 10.2. The molecule has 1 aromatic rings. The number of carbonyl (C=O) groups is 1. The smallest absolute Gasteiger partial charge is 0.244 e. The number of nitriles is 1. The monoisotopic (exact) mass is 229 g/mol. The van der Waals surface area contributed by atoms with Gasteiger partial charge in [-0.3, -0.25) is 4.79 Å². The predicted octanol–water partition coefficient (Wildman–Crippen LogP) is 2.12. The van der Waals surface area contributed by atoms with Crippen LogP contribution in [0.25, 0.3) is 0 Å². The second-order valence-corrected chi connectivity index (χ2v) is 5.12. The maximum atomic E-state index is 11.7. The van der Waals surface area contributed by atoms with Crippen molar-refractivity contribution in [2.24, 2.45) is 0 Å². The normalized spacial score (nSPS) is 14.9. The van der Waals surface area contributed by atoms with E-state index in [9.17, 15) is 4.79 Å². The molecule has 17 heavy (non-hydrogen) atoms.